The van der Waals surface area contributed by atoms with E-state index in [1.165, 1.54) is 24.8 Å². The fourth-order valence-corrected chi connectivity index (χ4v) is 2.94. The number of nitrogens with one attached hydrogen (secondary N) is 2. The van der Waals surface area contributed by atoms with E-state index in [0.717, 1.165) is 42.0 Å². The molecular weight excluding hydrogens is 298 g/mol. The number of nitrogens with zero attached hydrogens (tertiary/aromatic N) is 3. The Hall–Kier alpha value is -2.30. The third kappa shape index (κ3) is 4.16. The zero-order chi connectivity index (χ0) is 16.9. The molecule has 1 heterocycles. The third-order valence-electron chi connectivity index (χ3n) is 4.44. The summed E-state index contributed by atoms with van der Waals surface area (Å²) in [5, 5.41) is 11.4. The summed E-state index contributed by atoms with van der Waals surface area (Å²) in [7, 11) is 1.82. The van der Waals surface area contributed by atoms with Crippen molar-refractivity contribution in [1.29, 1.82) is 0 Å². The molecule has 0 unspecified atom stereocenters. The molecule has 0 saturated heterocycles. The number of aryl methyl sites for hydroxylation is 2. The van der Waals surface area contributed by atoms with E-state index in [-0.39, 0.29) is 0 Å². The van der Waals surface area contributed by atoms with Gasteiger partial charge in [0.1, 0.15) is 0 Å². The summed E-state index contributed by atoms with van der Waals surface area (Å²) in [4.78, 5) is 4.32. The van der Waals surface area contributed by atoms with Crippen molar-refractivity contribution in [3.63, 3.8) is 0 Å². The molecule has 24 heavy (non-hydrogen) atoms. The Morgan fingerprint density at radius 2 is 2.04 bits per heavy atom. The summed E-state index contributed by atoms with van der Waals surface area (Å²) in [5.41, 5.74) is 4.50. The average Bonchev–Trinajstić information content (AvgIpc) is 3.34. The molecule has 5 heteroatoms. The largest absolute Gasteiger partial charge is 0.356 e. The van der Waals surface area contributed by atoms with E-state index in [0.29, 0.717) is 0 Å². The zero-order valence-corrected chi connectivity index (χ0v) is 14.8. The van der Waals surface area contributed by atoms with Crippen LogP contribution in [0.3, 0.4) is 0 Å². The number of benzene rings is 1. The van der Waals surface area contributed by atoms with Gasteiger partial charge in [0.05, 0.1) is 11.4 Å². The van der Waals surface area contributed by atoms with E-state index >= 15 is 0 Å². The van der Waals surface area contributed by atoms with Gasteiger partial charge < -0.3 is 10.6 Å². The molecular formula is C19H27N5. The fourth-order valence-electron chi connectivity index (χ4n) is 2.94. The van der Waals surface area contributed by atoms with Gasteiger partial charge >= 0.3 is 0 Å². The van der Waals surface area contributed by atoms with E-state index in [1.54, 1.807) is 0 Å². The van der Waals surface area contributed by atoms with Gasteiger partial charge in [-0.05, 0) is 43.9 Å². The standard InChI is InChI=1S/C19H27N5/c1-14-12-15(2)24(23-14)18-7-5-4-6-17(18)13-22-19(20-3)21-11-10-16-8-9-16/h4-7,12,16H,8-11,13H2,1-3H3,(H2,20,21,22). The first-order valence-electron chi connectivity index (χ1n) is 8.73. The molecule has 5 nitrogen and oxygen atoms in total. The molecule has 1 saturated carbocycles. The predicted molar refractivity (Wildman–Crippen MR) is 98.6 cm³/mol. The maximum atomic E-state index is 4.61. The second kappa shape index (κ2) is 7.51. The van der Waals surface area contributed by atoms with E-state index in [9.17, 15) is 0 Å². The lowest BCUT2D eigenvalue weighted by Crippen LogP contribution is -2.37. The molecule has 0 spiro atoms. The second-order valence-corrected chi connectivity index (χ2v) is 6.55. The van der Waals surface area contributed by atoms with Crippen molar-refractivity contribution in [2.75, 3.05) is 13.6 Å². The average molecular weight is 325 g/mol. The van der Waals surface area contributed by atoms with E-state index in [2.05, 4.69) is 58.0 Å². The van der Waals surface area contributed by atoms with Crippen molar-refractivity contribution in [2.24, 2.45) is 10.9 Å². The third-order valence-corrected chi connectivity index (χ3v) is 4.44. The summed E-state index contributed by atoms with van der Waals surface area (Å²) >= 11 is 0. The first-order valence-corrected chi connectivity index (χ1v) is 8.73. The Morgan fingerprint density at radius 1 is 1.25 bits per heavy atom. The van der Waals surface area contributed by atoms with Gasteiger partial charge in [-0.3, -0.25) is 4.99 Å². The summed E-state index contributed by atoms with van der Waals surface area (Å²) in [6.07, 6.45) is 4.02. The normalized spacial score (nSPS) is 14.7. The molecule has 128 valence electrons. The predicted octanol–water partition coefficient (Wildman–Crippen LogP) is 2.95. The van der Waals surface area contributed by atoms with Gasteiger partial charge in [-0.25, -0.2) is 4.68 Å². The Bertz CT molecular complexity index is 712. The highest BCUT2D eigenvalue weighted by Gasteiger charge is 2.20. The number of rotatable bonds is 6. The SMILES string of the molecule is CN=C(NCCC1CC1)NCc1ccccc1-n1nc(C)cc1C. The quantitative estimate of drug-likeness (QED) is 0.634. The van der Waals surface area contributed by atoms with Crippen LogP contribution in [0.4, 0.5) is 0 Å². The van der Waals surface area contributed by atoms with Crippen LogP contribution < -0.4 is 10.6 Å². The van der Waals surface area contributed by atoms with Crippen molar-refractivity contribution in [3.05, 3.63) is 47.3 Å². The molecule has 0 bridgehead atoms. The molecule has 0 radical (unpaired) electrons. The summed E-state index contributed by atoms with van der Waals surface area (Å²) in [5.74, 6) is 1.79. The fraction of sp³-hybridized carbons (Fsp3) is 0.474. The molecule has 0 atom stereocenters. The molecule has 1 fully saturated rings. The minimum Gasteiger partial charge on any atom is -0.356 e. The molecule has 1 aliphatic rings. The lowest BCUT2D eigenvalue weighted by Gasteiger charge is -2.15. The summed E-state index contributed by atoms with van der Waals surface area (Å²) < 4.78 is 2.01. The Morgan fingerprint density at radius 3 is 2.71 bits per heavy atom. The molecule has 0 aliphatic heterocycles. The number of aliphatic imine (C=N–C) groups is 1. The van der Waals surface area contributed by atoms with Gasteiger partial charge in [-0.1, -0.05) is 31.0 Å². The van der Waals surface area contributed by atoms with Gasteiger partial charge in [0, 0.05) is 25.8 Å². The lowest BCUT2D eigenvalue weighted by atomic mass is 10.1. The van der Waals surface area contributed by atoms with Crippen molar-refractivity contribution in [3.8, 4) is 5.69 Å². The maximum Gasteiger partial charge on any atom is 0.191 e. The molecule has 3 rings (SSSR count). The van der Waals surface area contributed by atoms with Gasteiger partial charge in [-0.2, -0.15) is 5.10 Å². The Kier molecular flexibility index (Phi) is 5.18. The number of aromatic nitrogens is 2. The topological polar surface area (TPSA) is 54.2 Å². The first kappa shape index (κ1) is 16.6. The van der Waals surface area contributed by atoms with Crippen molar-refractivity contribution in [1.82, 2.24) is 20.4 Å². The lowest BCUT2D eigenvalue weighted by molar-refractivity contribution is 0.683. The highest BCUT2D eigenvalue weighted by atomic mass is 15.3. The summed E-state index contributed by atoms with van der Waals surface area (Å²) in [6, 6.07) is 10.5. The molecule has 2 aromatic rings. The van der Waals surface area contributed by atoms with Crippen LogP contribution in [0.15, 0.2) is 35.3 Å². The molecule has 2 N–H and O–H groups in total. The Balaban J connectivity index is 1.65. The van der Waals surface area contributed by atoms with Gasteiger partial charge in [0.25, 0.3) is 0 Å². The summed E-state index contributed by atoms with van der Waals surface area (Å²) in [6.45, 7) is 5.82. The van der Waals surface area contributed by atoms with Crippen LogP contribution in [0.2, 0.25) is 0 Å². The smallest absolute Gasteiger partial charge is 0.191 e. The number of para-hydroxylation sites is 1. The number of hydrogen-bond donors (Lipinski definition) is 2. The molecule has 0 amide bonds. The minimum absolute atomic E-state index is 0.720. The second-order valence-electron chi connectivity index (χ2n) is 6.55. The van der Waals surface area contributed by atoms with Crippen molar-refractivity contribution < 1.29 is 0 Å². The van der Waals surface area contributed by atoms with Crippen LogP contribution in [0.5, 0.6) is 0 Å². The number of hydrogen-bond acceptors (Lipinski definition) is 2. The van der Waals surface area contributed by atoms with Crippen molar-refractivity contribution >= 4 is 5.96 Å². The van der Waals surface area contributed by atoms with Crippen LogP contribution in [0, 0.1) is 19.8 Å². The monoisotopic (exact) mass is 325 g/mol. The number of guanidine groups is 1. The van der Waals surface area contributed by atoms with E-state index in [1.807, 2.05) is 18.7 Å². The highest BCUT2D eigenvalue weighted by molar-refractivity contribution is 5.79. The van der Waals surface area contributed by atoms with Crippen LogP contribution >= 0.6 is 0 Å². The van der Waals surface area contributed by atoms with Crippen molar-refractivity contribution in [2.45, 2.75) is 39.7 Å². The highest BCUT2D eigenvalue weighted by Crippen LogP contribution is 2.31. The van der Waals surface area contributed by atoms with Crippen LogP contribution in [-0.4, -0.2) is 29.3 Å². The Labute approximate surface area is 144 Å². The van der Waals surface area contributed by atoms with E-state index in [4.69, 9.17) is 0 Å². The molecule has 1 aromatic carbocycles. The maximum absolute atomic E-state index is 4.61. The van der Waals surface area contributed by atoms with Crippen LogP contribution in [0.1, 0.15) is 36.2 Å². The molecule has 1 aliphatic carbocycles. The minimum atomic E-state index is 0.720. The van der Waals surface area contributed by atoms with Crippen LogP contribution in [0.25, 0.3) is 5.69 Å². The molecule has 1 aromatic heterocycles. The first-order chi connectivity index (χ1) is 11.7. The van der Waals surface area contributed by atoms with Crippen LogP contribution in [-0.2, 0) is 6.54 Å². The van der Waals surface area contributed by atoms with Gasteiger partial charge in [0.2, 0.25) is 0 Å². The van der Waals surface area contributed by atoms with Gasteiger partial charge in [-0.15, -0.1) is 0 Å². The van der Waals surface area contributed by atoms with E-state index < -0.39 is 0 Å². The zero-order valence-electron chi connectivity index (χ0n) is 14.8. The van der Waals surface area contributed by atoms with Gasteiger partial charge in [0.15, 0.2) is 5.96 Å².